The summed E-state index contributed by atoms with van der Waals surface area (Å²) in [6.45, 7) is 2.86. The molecular formula is C12H18FNO2. The van der Waals surface area contributed by atoms with E-state index in [-0.39, 0.29) is 11.9 Å². The van der Waals surface area contributed by atoms with Crippen LogP contribution in [0.15, 0.2) is 24.3 Å². The number of rotatable bonds is 6. The van der Waals surface area contributed by atoms with E-state index in [0.717, 1.165) is 0 Å². The number of benzene rings is 1. The van der Waals surface area contributed by atoms with Gasteiger partial charge >= 0.3 is 0 Å². The summed E-state index contributed by atoms with van der Waals surface area (Å²) in [5, 5.41) is 12.8. The Labute approximate surface area is 95.2 Å². The molecule has 0 saturated heterocycles. The molecule has 0 saturated carbocycles. The minimum absolute atomic E-state index is 0.0767. The molecule has 3 nitrogen and oxygen atoms in total. The summed E-state index contributed by atoms with van der Waals surface area (Å²) in [4.78, 5) is 0. The lowest BCUT2D eigenvalue weighted by atomic mass is 10.1. The van der Waals surface area contributed by atoms with Gasteiger partial charge in [0.2, 0.25) is 0 Å². The molecule has 0 amide bonds. The molecule has 90 valence electrons. The van der Waals surface area contributed by atoms with E-state index in [0.29, 0.717) is 18.7 Å². The van der Waals surface area contributed by atoms with Gasteiger partial charge in [-0.1, -0.05) is 18.2 Å². The summed E-state index contributed by atoms with van der Waals surface area (Å²) in [5.74, 6) is -0.378. The van der Waals surface area contributed by atoms with Gasteiger partial charge in [-0.15, -0.1) is 0 Å². The zero-order chi connectivity index (χ0) is 12.0. The standard InChI is InChI=1S/C12H18FNO2/c1-9(16-2)7-14-8-12(15)10-5-3-4-6-11(10)13/h3-6,9,12,14-15H,7-8H2,1-2H3. The molecule has 0 radical (unpaired) electrons. The van der Waals surface area contributed by atoms with Crippen LogP contribution in [0, 0.1) is 5.82 Å². The Bertz CT molecular complexity index is 320. The van der Waals surface area contributed by atoms with Crippen molar-refractivity contribution in [1.82, 2.24) is 5.32 Å². The van der Waals surface area contributed by atoms with E-state index in [4.69, 9.17) is 4.74 Å². The monoisotopic (exact) mass is 227 g/mol. The number of hydrogen-bond donors (Lipinski definition) is 2. The van der Waals surface area contributed by atoms with Gasteiger partial charge in [0.05, 0.1) is 12.2 Å². The van der Waals surface area contributed by atoms with Crippen LogP contribution in [0.5, 0.6) is 0 Å². The number of methoxy groups -OCH3 is 1. The number of nitrogens with one attached hydrogen (secondary N) is 1. The van der Waals surface area contributed by atoms with Gasteiger partial charge < -0.3 is 15.2 Å². The Morgan fingerprint density at radius 1 is 1.38 bits per heavy atom. The largest absolute Gasteiger partial charge is 0.387 e. The quantitative estimate of drug-likeness (QED) is 0.773. The third kappa shape index (κ3) is 3.89. The van der Waals surface area contributed by atoms with E-state index in [2.05, 4.69) is 5.32 Å². The smallest absolute Gasteiger partial charge is 0.129 e. The van der Waals surface area contributed by atoms with Gasteiger partial charge in [-0.3, -0.25) is 0 Å². The third-order valence-corrected chi connectivity index (χ3v) is 2.44. The topological polar surface area (TPSA) is 41.5 Å². The molecule has 4 heteroatoms. The van der Waals surface area contributed by atoms with E-state index in [1.54, 1.807) is 25.3 Å². The van der Waals surface area contributed by atoms with Crippen LogP contribution in [-0.2, 0) is 4.74 Å². The van der Waals surface area contributed by atoms with Gasteiger partial charge in [0, 0.05) is 25.8 Å². The molecule has 1 rings (SSSR count). The fourth-order valence-corrected chi connectivity index (χ4v) is 1.36. The molecule has 0 bridgehead atoms. The van der Waals surface area contributed by atoms with Crippen molar-refractivity contribution < 1.29 is 14.2 Å². The maximum Gasteiger partial charge on any atom is 0.129 e. The van der Waals surface area contributed by atoms with Crippen LogP contribution in [0.25, 0.3) is 0 Å². The second-order valence-electron chi connectivity index (χ2n) is 3.74. The Morgan fingerprint density at radius 3 is 2.69 bits per heavy atom. The predicted octanol–water partition coefficient (Wildman–Crippen LogP) is 1.48. The molecule has 0 aromatic heterocycles. The second kappa shape index (κ2) is 6.58. The third-order valence-electron chi connectivity index (χ3n) is 2.44. The van der Waals surface area contributed by atoms with Gasteiger partial charge in [-0.05, 0) is 13.0 Å². The molecule has 16 heavy (non-hydrogen) atoms. The van der Waals surface area contributed by atoms with E-state index in [1.165, 1.54) is 6.07 Å². The van der Waals surface area contributed by atoms with Crippen LogP contribution in [0.4, 0.5) is 4.39 Å². The average Bonchev–Trinajstić information content (AvgIpc) is 2.29. The molecule has 1 aromatic carbocycles. The first kappa shape index (κ1) is 13.1. The molecule has 2 unspecified atom stereocenters. The first-order chi connectivity index (χ1) is 7.65. The Kier molecular flexibility index (Phi) is 5.38. The molecule has 0 aliphatic heterocycles. The number of aliphatic hydroxyl groups excluding tert-OH is 1. The molecule has 0 aliphatic carbocycles. The lowest BCUT2D eigenvalue weighted by molar-refractivity contribution is 0.109. The zero-order valence-corrected chi connectivity index (χ0v) is 9.61. The summed E-state index contributed by atoms with van der Waals surface area (Å²) in [7, 11) is 1.62. The van der Waals surface area contributed by atoms with E-state index < -0.39 is 6.10 Å². The van der Waals surface area contributed by atoms with Crippen molar-refractivity contribution in [2.75, 3.05) is 20.2 Å². The molecule has 2 atom stereocenters. The first-order valence-electron chi connectivity index (χ1n) is 5.31. The van der Waals surface area contributed by atoms with Crippen molar-refractivity contribution in [2.24, 2.45) is 0 Å². The van der Waals surface area contributed by atoms with Gasteiger partial charge in [0.15, 0.2) is 0 Å². The Morgan fingerprint density at radius 2 is 2.06 bits per heavy atom. The SMILES string of the molecule is COC(C)CNCC(O)c1ccccc1F. The molecule has 1 aromatic rings. The first-order valence-corrected chi connectivity index (χ1v) is 5.31. The predicted molar refractivity (Wildman–Crippen MR) is 60.7 cm³/mol. The highest BCUT2D eigenvalue weighted by Gasteiger charge is 2.11. The number of aliphatic hydroxyl groups is 1. The molecular weight excluding hydrogens is 209 g/mol. The minimum atomic E-state index is -0.828. The molecule has 0 spiro atoms. The lowest BCUT2D eigenvalue weighted by Crippen LogP contribution is -2.29. The number of halogens is 1. The van der Waals surface area contributed by atoms with Crippen molar-refractivity contribution in [3.05, 3.63) is 35.6 Å². The second-order valence-corrected chi connectivity index (χ2v) is 3.74. The molecule has 0 aliphatic rings. The Balaban J connectivity index is 2.41. The van der Waals surface area contributed by atoms with Gasteiger partial charge in [-0.25, -0.2) is 4.39 Å². The van der Waals surface area contributed by atoms with Gasteiger partial charge in [0.1, 0.15) is 5.82 Å². The maximum absolute atomic E-state index is 13.3. The fraction of sp³-hybridized carbons (Fsp3) is 0.500. The van der Waals surface area contributed by atoms with Crippen molar-refractivity contribution in [2.45, 2.75) is 19.1 Å². The van der Waals surface area contributed by atoms with Crippen LogP contribution in [0.3, 0.4) is 0 Å². The van der Waals surface area contributed by atoms with Crippen LogP contribution < -0.4 is 5.32 Å². The van der Waals surface area contributed by atoms with Crippen molar-refractivity contribution in [1.29, 1.82) is 0 Å². The minimum Gasteiger partial charge on any atom is -0.387 e. The molecule has 0 fully saturated rings. The van der Waals surface area contributed by atoms with E-state index in [1.807, 2.05) is 6.92 Å². The Hall–Kier alpha value is -0.970. The summed E-state index contributed by atoms with van der Waals surface area (Å²) in [6.07, 6.45) is -0.752. The summed E-state index contributed by atoms with van der Waals surface area (Å²) < 4.78 is 18.3. The lowest BCUT2D eigenvalue weighted by Gasteiger charge is -2.15. The summed E-state index contributed by atoms with van der Waals surface area (Å²) >= 11 is 0. The summed E-state index contributed by atoms with van der Waals surface area (Å²) in [5.41, 5.74) is 0.320. The number of hydrogen-bond acceptors (Lipinski definition) is 3. The van der Waals surface area contributed by atoms with Crippen molar-refractivity contribution in [3.8, 4) is 0 Å². The number of ether oxygens (including phenoxy) is 1. The normalized spacial score (nSPS) is 14.8. The highest BCUT2D eigenvalue weighted by molar-refractivity contribution is 5.19. The highest BCUT2D eigenvalue weighted by atomic mass is 19.1. The average molecular weight is 227 g/mol. The molecule has 2 N–H and O–H groups in total. The van der Waals surface area contributed by atoms with Gasteiger partial charge in [-0.2, -0.15) is 0 Å². The van der Waals surface area contributed by atoms with Crippen LogP contribution >= 0.6 is 0 Å². The van der Waals surface area contributed by atoms with Crippen LogP contribution in [-0.4, -0.2) is 31.4 Å². The fourth-order valence-electron chi connectivity index (χ4n) is 1.36. The van der Waals surface area contributed by atoms with Crippen molar-refractivity contribution in [3.63, 3.8) is 0 Å². The van der Waals surface area contributed by atoms with Gasteiger partial charge in [0.25, 0.3) is 0 Å². The van der Waals surface area contributed by atoms with E-state index >= 15 is 0 Å². The van der Waals surface area contributed by atoms with Crippen molar-refractivity contribution >= 4 is 0 Å². The highest BCUT2D eigenvalue weighted by Crippen LogP contribution is 2.15. The molecule has 0 heterocycles. The summed E-state index contributed by atoms with van der Waals surface area (Å²) in [6, 6.07) is 6.24. The van der Waals surface area contributed by atoms with Crippen LogP contribution in [0.2, 0.25) is 0 Å². The maximum atomic E-state index is 13.3. The van der Waals surface area contributed by atoms with E-state index in [9.17, 15) is 9.50 Å². The zero-order valence-electron chi connectivity index (χ0n) is 9.61. The van der Waals surface area contributed by atoms with Crippen LogP contribution in [0.1, 0.15) is 18.6 Å².